The number of carbonyl (C=O) groups excluding carboxylic acids is 1. The molecule has 2 aromatic rings. The smallest absolute Gasteiger partial charge is 0.157 e. The van der Waals surface area contributed by atoms with E-state index in [0.717, 1.165) is 23.1 Å². The molecule has 22 heavy (non-hydrogen) atoms. The van der Waals surface area contributed by atoms with Crippen LogP contribution in [0.25, 0.3) is 0 Å². The van der Waals surface area contributed by atoms with Gasteiger partial charge in [0.1, 0.15) is 5.82 Å². The molecule has 0 aromatic heterocycles. The van der Waals surface area contributed by atoms with Crippen molar-refractivity contribution in [1.29, 1.82) is 0 Å². The Balaban J connectivity index is 1.80. The molecule has 0 saturated carbocycles. The van der Waals surface area contributed by atoms with E-state index in [1.54, 1.807) is 18.2 Å². The molecule has 2 aromatic carbocycles. The highest BCUT2D eigenvalue weighted by Crippen LogP contribution is 2.31. The van der Waals surface area contributed by atoms with Crippen molar-refractivity contribution in [3.8, 4) is 11.8 Å². The topological polar surface area (TPSA) is 17.1 Å². The van der Waals surface area contributed by atoms with Gasteiger partial charge in [0.15, 0.2) is 5.78 Å². The van der Waals surface area contributed by atoms with Crippen LogP contribution in [0.5, 0.6) is 0 Å². The SMILES string of the molecule is O=C1C=C(C#Cc2ccccc2)C[C@@H](c2ccc(F)cc2)C1. The zero-order valence-electron chi connectivity index (χ0n) is 12.1. The molecule has 0 N–H and O–H groups in total. The fourth-order valence-corrected chi connectivity index (χ4v) is 2.62. The molecule has 1 aliphatic rings. The van der Waals surface area contributed by atoms with Gasteiger partial charge in [-0.15, -0.1) is 0 Å². The predicted octanol–water partition coefficient (Wildman–Crippen LogP) is 4.25. The van der Waals surface area contributed by atoms with E-state index < -0.39 is 0 Å². The Bertz CT molecular complexity index is 761. The maximum atomic E-state index is 13.0. The summed E-state index contributed by atoms with van der Waals surface area (Å²) in [5, 5.41) is 0. The van der Waals surface area contributed by atoms with Crippen LogP contribution in [-0.2, 0) is 4.79 Å². The number of carbonyl (C=O) groups is 1. The molecule has 1 atom stereocenters. The van der Waals surface area contributed by atoms with E-state index >= 15 is 0 Å². The van der Waals surface area contributed by atoms with E-state index in [2.05, 4.69) is 11.8 Å². The van der Waals surface area contributed by atoms with Crippen LogP contribution < -0.4 is 0 Å². The summed E-state index contributed by atoms with van der Waals surface area (Å²) < 4.78 is 13.0. The molecule has 0 fully saturated rings. The first-order valence-electron chi connectivity index (χ1n) is 7.26. The highest BCUT2D eigenvalue weighted by atomic mass is 19.1. The summed E-state index contributed by atoms with van der Waals surface area (Å²) in [6, 6.07) is 16.1. The van der Waals surface area contributed by atoms with Crippen molar-refractivity contribution >= 4 is 5.78 Å². The fourth-order valence-electron chi connectivity index (χ4n) is 2.62. The van der Waals surface area contributed by atoms with Gasteiger partial charge in [0.2, 0.25) is 0 Å². The molecule has 108 valence electrons. The minimum absolute atomic E-state index is 0.0814. The highest BCUT2D eigenvalue weighted by molar-refractivity contribution is 5.92. The molecule has 0 heterocycles. The van der Waals surface area contributed by atoms with Crippen LogP contribution in [0.4, 0.5) is 4.39 Å². The Labute approximate surface area is 129 Å². The van der Waals surface area contributed by atoms with Crippen LogP contribution in [0.1, 0.15) is 29.9 Å². The van der Waals surface area contributed by atoms with E-state index in [1.165, 1.54) is 12.1 Å². The lowest BCUT2D eigenvalue weighted by molar-refractivity contribution is -0.115. The van der Waals surface area contributed by atoms with E-state index in [9.17, 15) is 9.18 Å². The van der Waals surface area contributed by atoms with Crippen LogP contribution in [0.3, 0.4) is 0 Å². The van der Waals surface area contributed by atoms with E-state index in [0.29, 0.717) is 6.42 Å². The summed E-state index contributed by atoms with van der Waals surface area (Å²) in [6.45, 7) is 0. The Morgan fingerprint density at radius 2 is 1.64 bits per heavy atom. The van der Waals surface area contributed by atoms with Gasteiger partial charge in [0, 0.05) is 17.6 Å². The molecule has 0 unspecified atom stereocenters. The van der Waals surface area contributed by atoms with Crippen LogP contribution in [0.15, 0.2) is 66.2 Å². The summed E-state index contributed by atoms with van der Waals surface area (Å²) in [7, 11) is 0. The van der Waals surface area contributed by atoms with Gasteiger partial charge in [-0.3, -0.25) is 4.79 Å². The number of allylic oxidation sites excluding steroid dienone is 2. The molecule has 2 heteroatoms. The summed E-state index contributed by atoms with van der Waals surface area (Å²) >= 11 is 0. The quantitative estimate of drug-likeness (QED) is 0.718. The van der Waals surface area contributed by atoms with Crippen LogP contribution in [0.2, 0.25) is 0 Å². The van der Waals surface area contributed by atoms with Crippen LogP contribution >= 0.6 is 0 Å². The van der Waals surface area contributed by atoms with Crippen molar-refractivity contribution < 1.29 is 9.18 Å². The Morgan fingerprint density at radius 3 is 2.36 bits per heavy atom. The molecular formula is C20H15FO. The molecule has 0 bridgehead atoms. The molecule has 0 spiro atoms. The molecule has 1 nitrogen and oxygen atoms in total. The third-order valence-corrected chi connectivity index (χ3v) is 3.73. The van der Waals surface area contributed by atoms with Crippen LogP contribution in [0, 0.1) is 17.7 Å². The van der Waals surface area contributed by atoms with Crippen molar-refractivity contribution in [2.45, 2.75) is 18.8 Å². The van der Waals surface area contributed by atoms with Gasteiger partial charge < -0.3 is 0 Å². The summed E-state index contributed by atoms with van der Waals surface area (Å²) in [5.74, 6) is 6.09. The molecule has 0 saturated heterocycles. The van der Waals surface area contributed by atoms with Crippen molar-refractivity contribution in [1.82, 2.24) is 0 Å². The van der Waals surface area contributed by atoms with E-state index in [1.807, 2.05) is 30.3 Å². The molecule has 3 rings (SSSR count). The van der Waals surface area contributed by atoms with Crippen molar-refractivity contribution in [2.24, 2.45) is 0 Å². The Morgan fingerprint density at radius 1 is 0.909 bits per heavy atom. The minimum atomic E-state index is -0.259. The maximum Gasteiger partial charge on any atom is 0.157 e. The zero-order chi connectivity index (χ0) is 15.4. The highest BCUT2D eigenvalue weighted by Gasteiger charge is 2.21. The molecule has 0 aliphatic heterocycles. The largest absolute Gasteiger partial charge is 0.295 e. The van der Waals surface area contributed by atoms with E-state index in [-0.39, 0.29) is 17.5 Å². The van der Waals surface area contributed by atoms with Crippen LogP contribution in [-0.4, -0.2) is 5.78 Å². The third kappa shape index (κ3) is 3.51. The number of halogens is 1. The third-order valence-electron chi connectivity index (χ3n) is 3.73. The fraction of sp³-hybridized carbons (Fsp3) is 0.150. The van der Waals surface area contributed by atoms with Gasteiger partial charge in [-0.2, -0.15) is 0 Å². The minimum Gasteiger partial charge on any atom is -0.295 e. The number of ketones is 1. The summed E-state index contributed by atoms with van der Waals surface area (Å²) in [6.07, 6.45) is 2.81. The van der Waals surface area contributed by atoms with Gasteiger partial charge >= 0.3 is 0 Å². The molecule has 0 radical (unpaired) electrons. The lowest BCUT2D eigenvalue weighted by Crippen LogP contribution is -2.12. The lowest BCUT2D eigenvalue weighted by atomic mass is 9.83. The Kier molecular flexibility index (Phi) is 4.16. The monoisotopic (exact) mass is 290 g/mol. The summed E-state index contributed by atoms with van der Waals surface area (Å²) in [5.41, 5.74) is 2.76. The van der Waals surface area contributed by atoms with Gasteiger partial charge in [-0.1, -0.05) is 42.2 Å². The van der Waals surface area contributed by atoms with E-state index in [4.69, 9.17) is 0 Å². The first-order chi connectivity index (χ1) is 10.7. The summed E-state index contributed by atoms with van der Waals surface area (Å²) in [4.78, 5) is 11.9. The number of hydrogen-bond donors (Lipinski definition) is 0. The maximum absolute atomic E-state index is 13.0. The zero-order valence-corrected chi connectivity index (χ0v) is 12.1. The number of hydrogen-bond acceptors (Lipinski definition) is 1. The second-order valence-corrected chi connectivity index (χ2v) is 5.41. The first kappa shape index (κ1) is 14.3. The first-order valence-corrected chi connectivity index (χ1v) is 7.26. The van der Waals surface area contributed by atoms with Gasteiger partial charge in [-0.25, -0.2) is 4.39 Å². The van der Waals surface area contributed by atoms with Crippen molar-refractivity contribution in [3.05, 3.63) is 83.2 Å². The second-order valence-electron chi connectivity index (χ2n) is 5.41. The average Bonchev–Trinajstić information content (AvgIpc) is 2.54. The Hall–Kier alpha value is -2.66. The second kappa shape index (κ2) is 6.41. The molecule has 0 amide bonds. The molecular weight excluding hydrogens is 275 g/mol. The van der Waals surface area contributed by atoms with Gasteiger partial charge in [0.05, 0.1) is 0 Å². The normalized spacial score (nSPS) is 17.4. The van der Waals surface area contributed by atoms with Crippen molar-refractivity contribution in [2.75, 3.05) is 0 Å². The molecule has 1 aliphatic carbocycles. The standard InChI is InChI=1S/C20H15FO/c21-19-10-8-17(9-11-19)18-12-16(13-20(22)14-18)7-6-15-4-2-1-3-5-15/h1-5,8-11,13,18H,12,14H2/t18-/m1/s1. The predicted molar refractivity (Wildman–Crippen MR) is 84.8 cm³/mol. The van der Waals surface area contributed by atoms with Gasteiger partial charge in [0.25, 0.3) is 0 Å². The van der Waals surface area contributed by atoms with Gasteiger partial charge in [-0.05, 0) is 48.2 Å². The number of benzene rings is 2. The van der Waals surface area contributed by atoms with Crippen molar-refractivity contribution in [3.63, 3.8) is 0 Å². The lowest BCUT2D eigenvalue weighted by Gasteiger charge is -2.20. The average molecular weight is 290 g/mol. The number of rotatable bonds is 1.